The summed E-state index contributed by atoms with van der Waals surface area (Å²) in [6, 6.07) is 34.6. The normalized spacial score (nSPS) is 17.6. The molecule has 0 bridgehead atoms. The second-order valence-corrected chi connectivity index (χ2v) is 12.8. The van der Waals surface area contributed by atoms with Crippen molar-refractivity contribution in [3.05, 3.63) is 125 Å². The number of unbranched alkanes of at least 4 members (excludes halogenated alkanes) is 2. The topological polar surface area (TPSA) is 117 Å². The molecule has 1 fully saturated rings. The van der Waals surface area contributed by atoms with Crippen LogP contribution >= 0.6 is 11.8 Å². The molecular formula is C38H42N2O6S. The van der Waals surface area contributed by atoms with Crippen LogP contribution in [0.3, 0.4) is 0 Å². The molecule has 4 aromatic carbocycles. The first-order chi connectivity index (χ1) is 23.0. The van der Waals surface area contributed by atoms with Crippen molar-refractivity contribution in [3.8, 4) is 11.1 Å². The number of hydrogen-bond acceptors (Lipinski definition) is 7. The number of nitrogens with one attached hydrogen (secondary N) is 2. The summed E-state index contributed by atoms with van der Waals surface area (Å²) < 4.78 is 13.2. The maximum Gasteiger partial charge on any atom is 0.243 e. The van der Waals surface area contributed by atoms with Crippen LogP contribution in [0.5, 0.6) is 0 Å². The predicted octanol–water partition coefficient (Wildman–Crippen LogP) is 7.26. The Balaban J connectivity index is 1.24. The van der Waals surface area contributed by atoms with E-state index in [-0.39, 0.29) is 31.1 Å². The van der Waals surface area contributed by atoms with E-state index >= 15 is 0 Å². The molecule has 9 heteroatoms. The summed E-state index contributed by atoms with van der Waals surface area (Å²) in [7, 11) is 0. The lowest BCUT2D eigenvalue weighted by atomic mass is 9.99. The highest BCUT2D eigenvalue weighted by molar-refractivity contribution is 7.99. The second kappa shape index (κ2) is 17.8. The number of aliphatic hydroxyl groups excluding tert-OH is 1. The molecule has 1 aliphatic rings. The van der Waals surface area contributed by atoms with Crippen LogP contribution in [-0.4, -0.2) is 34.0 Å². The molecule has 1 saturated heterocycles. The summed E-state index contributed by atoms with van der Waals surface area (Å²) in [4.78, 5) is 24.7. The van der Waals surface area contributed by atoms with Crippen LogP contribution in [0.2, 0.25) is 0 Å². The number of thioether (sulfide) groups is 1. The SMILES string of the molecule is O=C(CCCCCC(=O)NCc1cccc(-c2cccc([C@@H]3O[C@H](CSc4ccccc4)C[C@H](c4ccc(CO)cc4)O3)c2)c1)NO. The van der Waals surface area contributed by atoms with E-state index in [0.717, 1.165) is 52.0 Å². The highest BCUT2D eigenvalue weighted by Crippen LogP contribution is 2.40. The van der Waals surface area contributed by atoms with E-state index in [0.29, 0.717) is 25.8 Å². The molecule has 1 aliphatic heterocycles. The second-order valence-electron chi connectivity index (χ2n) is 11.7. The average molecular weight is 655 g/mol. The molecule has 246 valence electrons. The zero-order chi connectivity index (χ0) is 32.8. The van der Waals surface area contributed by atoms with Gasteiger partial charge in [-0.1, -0.05) is 85.3 Å². The van der Waals surface area contributed by atoms with Crippen molar-refractivity contribution in [2.45, 2.75) is 75.1 Å². The molecule has 0 aromatic heterocycles. The molecular weight excluding hydrogens is 612 g/mol. The van der Waals surface area contributed by atoms with Crippen molar-refractivity contribution in [2.24, 2.45) is 0 Å². The molecule has 47 heavy (non-hydrogen) atoms. The Labute approximate surface area is 280 Å². The smallest absolute Gasteiger partial charge is 0.243 e. The fourth-order valence-corrected chi connectivity index (χ4v) is 6.49. The monoisotopic (exact) mass is 654 g/mol. The highest BCUT2D eigenvalue weighted by atomic mass is 32.2. The molecule has 0 spiro atoms. The van der Waals surface area contributed by atoms with Gasteiger partial charge in [-0.3, -0.25) is 14.8 Å². The van der Waals surface area contributed by atoms with Gasteiger partial charge in [0, 0.05) is 42.0 Å². The van der Waals surface area contributed by atoms with Gasteiger partial charge in [-0.15, -0.1) is 11.8 Å². The Kier molecular flexibility index (Phi) is 13.0. The molecule has 0 unspecified atom stereocenters. The number of hydroxylamine groups is 1. The van der Waals surface area contributed by atoms with E-state index in [2.05, 4.69) is 41.7 Å². The summed E-state index contributed by atoms with van der Waals surface area (Å²) in [5, 5.41) is 21.1. The van der Waals surface area contributed by atoms with Crippen molar-refractivity contribution >= 4 is 23.6 Å². The molecule has 0 radical (unpaired) electrons. The molecule has 0 aliphatic carbocycles. The van der Waals surface area contributed by atoms with Crippen LogP contribution in [-0.2, 0) is 32.2 Å². The number of aliphatic hydroxyl groups is 1. The Morgan fingerprint density at radius 2 is 1.47 bits per heavy atom. The maximum absolute atomic E-state index is 12.4. The van der Waals surface area contributed by atoms with Crippen LogP contribution in [0.4, 0.5) is 0 Å². The molecule has 4 N–H and O–H groups in total. The largest absolute Gasteiger partial charge is 0.392 e. The molecule has 0 saturated carbocycles. The molecule has 8 nitrogen and oxygen atoms in total. The first-order valence-corrected chi connectivity index (χ1v) is 17.1. The van der Waals surface area contributed by atoms with E-state index < -0.39 is 12.2 Å². The lowest BCUT2D eigenvalue weighted by Gasteiger charge is -2.36. The zero-order valence-corrected chi connectivity index (χ0v) is 27.2. The Bertz CT molecular complexity index is 1580. The standard InChI is InChI=1S/C38H42N2O6S/c41-25-27-17-19-29(20-18-27)35-23-33(26-47-34-13-3-1-4-14-34)45-38(46-35)32-12-8-11-31(22-32)30-10-7-9-28(21-30)24-39-36(42)15-5-2-6-16-37(43)40-44/h1,3-4,7-14,17-22,33,35,38,41,44H,2,5-6,15-16,23-26H2,(H,39,42)(H,40,43)/t33-,35+,38+/m0/s1. The fourth-order valence-electron chi connectivity index (χ4n) is 5.55. The van der Waals surface area contributed by atoms with Crippen molar-refractivity contribution in [2.75, 3.05) is 5.75 Å². The maximum atomic E-state index is 12.4. The van der Waals surface area contributed by atoms with Gasteiger partial charge in [-0.25, -0.2) is 5.48 Å². The zero-order valence-electron chi connectivity index (χ0n) is 26.3. The number of amides is 2. The van der Waals surface area contributed by atoms with E-state index in [9.17, 15) is 14.7 Å². The Morgan fingerprint density at radius 3 is 2.21 bits per heavy atom. The van der Waals surface area contributed by atoms with E-state index in [1.54, 1.807) is 17.2 Å². The number of carbonyl (C=O) groups excluding carboxylic acids is 2. The van der Waals surface area contributed by atoms with Crippen molar-refractivity contribution < 1.29 is 29.4 Å². The first-order valence-electron chi connectivity index (χ1n) is 16.1. The quantitative estimate of drug-likeness (QED) is 0.0462. The van der Waals surface area contributed by atoms with Gasteiger partial charge in [-0.05, 0) is 64.9 Å². The molecule has 2 amide bonds. The van der Waals surface area contributed by atoms with Crippen molar-refractivity contribution in [3.63, 3.8) is 0 Å². The number of carbonyl (C=O) groups is 2. The molecule has 5 rings (SSSR count). The Morgan fingerprint density at radius 1 is 0.745 bits per heavy atom. The minimum Gasteiger partial charge on any atom is -0.392 e. The average Bonchev–Trinajstić information content (AvgIpc) is 3.13. The van der Waals surface area contributed by atoms with Crippen LogP contribution in [0.1, 0.15) is 73.2 Å². The van der Waals surface area contributed by atoms with Crippen LogP contribution < -0.4 is 10.8 Å². The third kappa shape index (κ3) is 10.5. The van der Waals surface area contributed by atoms with Gasteiger partial charge >= 0.3 is 0 Å². The summed E-state index contributed by atoms with van der Waals surface area (Å²) >= 11 is 1.78. The number of ether oxygens (including phenoxy) is 2. The van der Waals surface area contributed by atoms with Crippen molar-refractivity contribution in [1.82, 2.24) is 10.8 Å². The lowest BCUT2D eigenvalue weighted by Crippen LogP contribution is -2.31. The minimum absolute atomic E-state index is 0.00327. The van der Waals surface area contributed by atoms with Gasteiger partial charge in [0.15, 0.2) is 6.29 Å². The fraction of sp³-hybridized carbons (Fsp3) is 0.316. The van der Waals surface area contributed by atoms with E-state index in [1.165, 1.54) is 4.90 Å². The summed E-state index contributed by atoms with van der Waals surface area (Å²) in [6.45, 7) is 0.426. The number of benzene rings is 4. The third-order valence-corrected chi connectivity index (χ3v) is 9.28. The molecule has 4 aromatic rings. The summed E-state index contributed by atoms with van der Waals surface area (Å²) in [5.41, 5.74) is 7.54. The van der Waals surface area contributed by atoms with Gasteiger partial charge in [0.05, 0.1) is 18.8 Å². The van der Waals surface area contributed by atoms with Crippen LogP contribution in [0.15, 0.2) is 108 Å². The minimum atomic E-state index is -0.548. The number of rotatable bonds is 15. The third-order valence-electron chi connectivity index (χ3n) is 8.14. The van der Waals surface area contributed by atoms with Gasteiger partial charge in [0.25, 0.3) is 0 Å². The predicted molar refractivity (Wildman–Crippen MR) is 182 cm³/mol. The summed E-state index contributed by atoms with van der Waals surface area (Å²) in [6.07, 6.45) is 2.68. The molecule has 1 heterocycles. The van der Waals surface area contributed by atoms with Gasteiger partial charge in [0.2, 0.25) is 11.8 Å². The van der Waals surface area contributed by atoms with Crippen LogP contribution in [0, 0.1) is 0 Å². The van der Waals surface area contributed by atoms with E-state index in [4.69, 9.17) is 14.7 Å². The molecule has 3 atom stereocenters. The highest BCUT2D eigenvalue weighted by Gasteiger charge is 2.32. The van der Waals surface area contributed by atoms with Gasteiger partial charge in [0.1, 0.15) is 0 Å². The lowest BCUT2D eigenvalue weighted by molar-refractivity contribution is -0.245. The van der Waals surface area contributed by atoms with Gasteiger partial charge in [-0.2, -0.15) is 0 Å². The van der Waals surface area contributed by atoms with Crippen LogP contribution in [0.25, 0.3) is 11.1 Å². The van der Waals surface area contributed by atoms with Gasteiger partial charge < -0.3 is 19.9 Å². The Hall–Kier alpha value is -3.99. The number of hydrogen-bond donors (Lipinski definition) is 4. The van der Waals surface area contributed by atoms with Crippen molar-refractivity contribution in [1.29, 1.82) is 0 Å². The summed E-state index contributed by atoms with van der Waals surface area (Å²) in [5.74, 6) is 0.356. The van der Waals surface area contributed by atoms with E-state index in [1.807, 2.05) is 66.7 Å². The first kappa shape index (κ1) is 34.3.